The van der Waals surface area contributed by atoms with Crippen LogP contribution in [-0.4, -0.2) is 20.6 Å². The van der Waals surface area contributed by atoms with E-state index in [-0.39, 0.29) is 48.1 Å². The summed E-state index contributed by atoms with van der Waals surface area (Å²) in [6.07, 6.45) is 1.44. The number of rotatable bonds is 1. The van der Waals surface area contributed by atoms with Crippen LogP contribution in [0.4, 0.5) is 4.39 Å². The van der Waals surface area contributed by atoms with Crippen molar-refractivity contribution in [3.8, 4) is 11.4 Å². The second kappa shape index (κ2) is 7.71. The Bertz CT molecular complexity index is 1440. The Morgan fingerprint density at radius 1 is 1.26 bits per heavy atom. The Balaban J connectivity index is 0.00000117. The number of aryl methyl sites for hydroxylation is 1. The van der Waals surface area contributed by atoms with E-state index in [0.29, 0.717) is 35.3 Å². The summed E-state index contributed by atoms with van der Waals surface area (Å²) in [5.74, 6) is -1.08. The molecule has 1 aromatic carbocycles. The second-order valence-corrected chi connectivity index (χ2v) is 8.96. The number of aromatic nitrogens is 2. The van der Waals surface area contributed by atoms with E-state index in [1.807, 2.05) is 13.8 Å². The number of carbonyl (C=O) groups excluding carboxylic acids is 1. The zero-order valence-electron chi connectivity index (χ0n) is 19.8. The summed E-state index contributed by atoms with van der Waals surface area (Å²) in [6, 6.07) is 2.84. The summed E-state index contributed by atoms with van der Waals surface area (Å²) in [6.45, 7) is 7.55. The van der Waals surface area contributed by atoms with Gasteiger partial charge in [-0.3, -0.25) is 4.79 Å². The fourth-order valence-electron chi connectivity index (χ4n) is 5.59. The van der Waals surface area contributed by atoms with Crippen molar-refractivity contribution in [1.29, 1.82) is 0 Å². The van der Waals surface area contributed by atoms with Crippen molar-refractivity contribution in [2.24, 2.45) is 5.73 Å². The Kier molecular flexibility index (Phi) is 5.15. The smallest absolute Gasteiger partial charge is 0.343 e. The van der Waals surface area contributed by atoms with Crippen molar-refractivity contribution in [3.05, 3.63) is 61.7 Å². The van der Waals surface area contributed by atoms with Crippen LogP contribution in [0.1, 0.15) is 73.0 Å². The first-order chi connectivity index (χ1) is 16.3. The van der Waals surface area contributed by atoms with E-state index in [2.05, 4.69) is 0 Å². The first-order valence-corrected chi connectivity index (χ1v) is 11.8. The number of pyridine rings is 2. The molecule has 2 aliphatic heterocycles. The summed E-state index contributed by atoms with van der Waals surface area (Å²) in [5.41, 5.74) is 9.72. The lowest BCUT2D eigenvalue weighted by molar-refractivity contribution is -0.172. The molecule has 3 aromatic rings. The van der Waals surface area contributed by atoms with E-state index >= 15 is 0 Å². The summed E-state index contributed by atoms with van der Waals surface area (Å²) in [5, 5.41) is 11.9. The van der Waals surface area contributed by atoms with Gasteiger partial charge in [0.2, 0.25) is 0 Å². The van der Waals surface area contributed by atoms with Crippen LogP contribution in [0.15, 0.2) is 16.9 Å². The molecule has 34 heavy (non-hydrogen) atoms. The van der Waals surface area contributed by atoms with E-state index in [4.69, 9.17) is 15.5 Å². The molecular weight excluding hydrogens is 437 g/mol. The number of nitrogens with zero attached hydrogens (tertiary/aromatic N) is 2. The van der Waals surface area contributed by atoms with E-state index < -0.39 is 11.6 Å². The monoisotopic (exact) mass is 465 g/mol. The number of ether oxygens (including phenoxy) is 1. The summed E-state index contributed by atoms with van der Waals surface area (Å²) < 4.78 is 21.4. The molecule has 0 amide bonds. The average Bonchev–Trinajstić information content (AvgIpc) is 3.21. The van der Waals surface area contributed by atoms with Crippen LogP contribution in [0.5, 0.6) is 0 Å². The Labute approximate surface area is 196 Å². The third-order valence-electron chi connectivity index (χ3n) is 7.42. The molecule has 1 aliphatic carbocycles. The molecule has 2 atom stereocenters. The van der Waals surface area contributed by atoms with Crippen LogP contribution >= 0.6 is 0 Å². The highest BCUT2D eigenvalue weighted by atomic mass is 19.1. The molecule has 4 heterocycles. The van der Waals surface area contributed by atoms with Crippen molar-refractivity contribution in [2.75, 3.05) is 0 Å². The molecule has 0 bridgehead atoms. The standard InChI is InChI=1S/C24H22FN3O4.C2H6/c1-3-24(31)14-6-18-21-12(8-28(18)22(29)13(14)9-32-23(24)30)19-16(26)5-4-11-10(2)15(25)7-17(27-21)20(11)19;1-2/h6-7,16,31H,3-5,8-9,26H2,1-2H3;1-2H3/t16-,24-;/m0./s1. The van der Waals surface area contributed by atoms with Crippen molar-refractivity contribution >= 4 is 16.9 Å². The molecule has 0 spiro atoms. The number of nitrogens with two attached hydrogens (primary N) is 1. The van der Waals surface area contributed by atoms with E-state index in [0.717, 1.165) is 22.1 Å². The van der Waals surface area contributed by atoms with Crippen molar-refractivity contribution in [3.63, 3.8) is 0 Å². The molecule has 3 N–H and O–H groups in total. The van der Waals surface area contributed by atoms with Crippen molar-refractivity contribution < 1.29 is 19.0 Å². The van der Waals surface area contributed by atoms with Crippen LogP contribution in [0, 0.1) is 12.7 Å². The molecule has 178 valence electrons. The van der Waals surface area contributed by atoms with Gasteiger partial charge in [0.05, 0.1) is 29.0 Å². The van der Waals surface area contributed by atoms with Crippen LogP contribution < -0.4 is 11.3 Å². The molecule has 8 heteroatoms. The van der Waals surface area contributed by atoms with E-state index in [9.17, 15) is 19.1 Å². The van der Waals surface area contributed by atoms with Gasteiger partial charge in [-0.05, 0) is 48.9 Å². The third kappa shape index (κ3) is 2.78. The fraction of sp³-hybridized carbons (Fsp3) is 0.423. The van der Waals surface area contributed by atoms with E-state index in [1.54, 1.807) is 24.5 Å². The van der Waals surface area contributed by atoms with Gasteiger partial charge in [0.15, 0.2) is 5.60 Å². The number of hydrogen-bond donors (Lipinski definition) is 2. The van der Waals surface area contributed by atoms with Crippen LogP contribution in [-0.2, 0) is 34.7 Å². The molecule has 7 nitrogen and oxygen atoms in total. The predicted molar refractivity (Wildman–Crippen MR) is 126 cm³/mol. The summed E-state index contributed by atoms with van der Waals surface area (Å²) in [4.78, 5) is 30.5. The molecule has 2 aromatic heterocycles. The molecule has 0 unspecified atom stereocenters. The fourth-order valence-corrected chi connectivity index (χ4v) is 5.59. The maximum Gasteiger partial charge on any atom is 0.343 e. The minimum atomic E-state index is -1.89. The average molecular weight is 466 g/mol. The van der Waals surface area contributed by atoms with Gasteiger partial charge in [0, 0.05) is 28.6 Å². The summed E-state index contributed by atoms with van der Waals surface area (Å²) in [7, 11) is 0. The van der Waals surface area contributed by atoms with Gasteiger partial charge >= 0.3 is 5.97 Å². The minimum Gasteiger partial charge on any atom is -0.458 e. The van der Waals surface area contributed by atoms with Gasteiger partial charge < -0.3 is 20.1 Å². The molecule has 0 saturated carbocycles. The molecule has 0 saturated heterocycles. The lowest BCUT2D eigenvalue weighted by Crippen LogP contribution is -2.44. The number of carbonyl (C=O) groups is 1. The number of halogens is 1. The highest BCUT2D eigenvalue weighted by Crippen LogP contribution is 2.45. The largest absolute Gasteiger partial charge is 0.458 e. The van der Waals surface area contributed by atoms with E-state index in [1.165, 1.54) is 6.07 Å². The lowest BCUT2D eigenvalue weighted by atomic mass is 9.82. The number of cyclic esters (lactones) is 1. The normalized spacial score (nSPS) is 21.9. The second-order valence-electron chi connectivity index (χ2n) is 8.96. The molecule has 6 rings (SSSR count). The highest BCUT2D eigenvalue weighted by Gasteiger charge is 2.45. The van der Waals surface area contributed by atoms with Crippen LogP contribution in [0.2, 0.25) is 0 Å². The van der Waals surface area contributed by atoms with Gasteiger partial charge in [0.1, 0.15) is 12.4 Å². The number of fused-ring (bicyclic) bond motifs is 5. The molecular formula is C26H28FN3O4. The Morgan fingerprint density at radius 3 is 2.71 bits per heavy atom. The van der Waals surface area contributed by atoms with Gasteiger partial charge in [-0.15, -0.1) is 0 Å². The maximum atomic E-state index is 14.7. The van der Waals surface area contributed by atoms with Crippen LogP contribution in [0.25, 0.3) is 22.3 Å². The van der Waals surface area contributed by atoms with Gasteiger partial charge in [-0.1, -0.05) is 20.8 Å². The molecule has 0 radical (unpaired) electrons. The van der Waals surface area contributed by atoms with Gasteiger partial charge in [-0.2, -0.15) is 0 Å². The zero-order valence-corrected chi connectivity index (χ0v) is 19.8. The molecule has 0 fully saturated rings. The molecule has 3 aliphatic rings. The van der Waals surface area contributed by atoms with Gasteiger partial charge in [0.25, 0.3) is 5.56 Å². The third-order valence-corrected chi connectivity index (χ3v) is 7.42. The number of esters is 1. The van der Waals surface area contributed by atoms with Crippen molar-refractivity contribution in [1.82, 2.24) is 9.55 Å². The quantitative estimate of drug-likeness (QED) is 0.417. The van der Waals surface area contributed by atoms with Crippen LogP contribution in [0.3, 0.4) is 0 Å². The minimum absolute atomic E-state index is 0.0731. The first kappa shape index (κ1) is 22.7. The predicted octanol–water partition coefficient (Wildman–Crippen LogP) is 3.50. The Hall–Kier alpha value is -3.10. The zero-order chi connectivity index (χ0) is 24.5. The topological polar surface area (TPSA) is 107 Å². The lowest BCUT2D eigenvalue weighted by Gasteiger charge is -2.31. The number of benzene rings is 1. The SMILES string of the molecule is CC.CC[C@@]1(O)C(=O)OCc2c1cc1n(c2=O)Cc2c-1nc1cc(F)c(C)c3c1c2[C@@H](N)CC3. The first-order valence-electron chi connectivity index (χ1n) is 11.8. The Morgan fingerprint density at radius 2 is 2.00 bits per heavy atom. The maximum absolute atomic E-state index is 14.7. The highest BCUT2D eigenvalue weighted by molar-refractivity contribution is 5.93. The van der Waals surface area contributed by atoms with Crippen molar-refractivity contribution in [2.45, 2.75) is 71.8 Å². The summed E-state index contributed by atoms with van der Waals surface area (Å²) >= 11 is 0. The number of hydrogen-bond acceptors (Lipinski definition) is 6. The van der Waals surface area contributed by atoms with Gasteiger partial charge in [-0.25, -0.2) is 14.2 Å². The number of aliphatic hydroxyl groups is 1.